The first-order valence-corrected chi connectivity index (χ1v) is 7.98. The van der Waals surface area contributed by atoms with E-state index < -0.39 is 23.3 Å². The summed E-state index contributed by atoms with van der Waals surface area (Å²) in [5.74, 6) is -0.137. The zero-order valence-electron chi connectivity index (χ0n) is 12.8. The van der Waals surface area contributed by atoms with Gasteiger partial charge in [-0.05, 0) is 37.3 Å². The third-order valence-electron chi connectivity index (χ3n) is 5.04. The van der Waals surface area contributed by atoms with Crippen molar-refractivity contribution in [3.63, 3.8) is 0 Å². The Morgan fingerprint density at radius 3 is 2.57 bits per heavy atom. The molecule has 0 aromatic heterocycles. The van der Waals surface area contributed by atoms with Gasteiger partial charge in [-0.15, -0.1) is 0 Å². The molecule has 1 saturated heterocycles. The molecule has 1 N–H and O–H groups in total. The summed E-state index contributed by atoms with van der Waals surface area (Å²) >= 11 is 0. The van der Waals surface area contributed by atoms with Crippen molar-refractivity contribution < 1.29 is 23.1 Å². The summed E-state index contributed by atoms with van der Waals surface area (Å²) in [4.78, 5) is 14.6. The van der Waals surface area contributed by atoms with E-state index in [9.17, 15) is 23.1 Å². The number of amides is 1. The summed E-state index contributed by atoms with van der Waals surface area (Å²) in [6.45, 7) is 0.843. The molecule has 1 aromatic rings. The number of β-amino-alcohol motifs (C(OH)–C–C–N with tert-alkyl or cyclic N) is 1. The fourth-order valence-electron chi connectivity index (χ4n) is 3.59. The molecule has 3 rings (SSSR count). The first kappa shape index (κ1) is 16.3. The van der Waals surface area contributed by atoms with Crippen molar-refractivity contribution in [2.45, 2.75) is 49.8 Å². The van der Waals surface area contributed by atoms with E-state index in [1.54, 1.807) is 11.0 Å². The monoisotopic (exact) mass is 327 g/mol. The second kappa shape index (κ2) is 5.82. The van der Waals surface area contributed by atoms with E-state index in [-0.39, 0.29) is 12.5 Å². The van der Waals surface area contributed by atoms with Crippen LogP contribution in [0.5, 0.6) is 0 Å². The number of piperidine rings is 1. The summed E-state index contributed by atoms with van der Waals surface area (Å²) in [5.41, 5.74) is -1.12. The van der Waals surface area contributed by atoms with Crippen LogP contribution in [0.15, 0.2) is 24.3 Å². The number of rotatable bonds is 2. The van der Waals surface area contributed by atoms with Crippen LogP contribution in [-0.2, 0) is 16.4 Å². The number of alkyl halides is 3. The van der Waals surface area contributed by atoms with Crippen LogP contribution in [0.4, 0.5) is 13.2 Å². The molecule has 0 bridgehead atoms. The number of likely N-dealkylation sites (tertiary alicyclic amines) is 1. The minimum absolute atomic E-state index is 0.137. The number of nitrogens with zero attached hydrogens (tertiary/aromatic N) is 1. The average molecular weight is 327 g/mol. The lowest BCUT2D eigenvalue weighted by Crippen LogP contribution is -2.54. The maximum absolute atomic E-state index is 13.0. The van der Waals surface area contributed by atoms with Crippen LogP contribution >= 0.6 is 0 Å². The third kappa shape index (κ3) is 2.96. The number of aliphatic hydroxyl groups excluding tert-OH is 1. The largest absolute Gasteiger partial charge is 0.416 e. The Kier molecular flexibility index (Phi) is 4.12. The predicted molar refractivity (Wildman–Crippen MR) is 78.8 cm³/mol. The molecule has 126 valence electrons. The van der Waals surface area contributed by atoms with Crippen LogP contribution in [0.1, 0.15) is 43.2 Å². The molecule has 1 amide bonds. The fourth-order valence-corrected chi connectivity index (χ4v) is 3.59. The maximum atomic E-state index is 13.0. The minimum atomic E-state index is -4.41. The van der Waals surface area contributed by atoms with Crippen LogP contribution in [0.3, 0.4) is 0 Å². The quantitative estimate of drug-likeness (QED) is 0.907. The molecule has 2 aliphatic rings. The van der Waals surface area contributed by atoms with E-state index >= 15 is 0 Å². The number of aliphatic hydroxyl groups is 1. The number of benzene rings is 1. The topological polar surface area (TPSA) is 40.5 Å². The molecule has 1 aromatic carbocycles. The predicted octanol–water partition coefficient (Wildman–Crippen LogP) is 3.11. The van der Waals surface area contributed by atoms with Gasteiger partial charge in [-0.2, -0.15) is 13.2 Å². The molecular formula is C17H20F3NO2. The third-order valence-corrected chi connectivity index (χ3v) is 5.04. The molecule has 1 aliphatic carbocycles. The van der Waals surface area contributed by atoms with Crippen molar-refractivity contribution in [2.75, 3.05) is 13.1 Å². The average Bonchev–Trinajstić information content (AvgIpc) is 2.45. The molecule has 3 nitrogen and oxygen atoms in total. The lowest BCUT2D eigenvalue weighted by molar-refractivity contribution is -0.144. The van der Waals surface area contributed by atoms with Crippen LogP contribution in [0.2, 0.25) is 0 Å². The van der Waals surface area contributed by atoms with Crippen LogP contribution in [-0.4, -0.2) is 35.1 Å². The fraction of sp³-hybridized carbons (Fsp3) is 0.588. The zero-order chi connectivity index (χ0) is 16.7. The minimum Gasteiger partial charge on any atom is -0.391 e. The number of halogens is 3. The van der Waals surface area contributed by atoms with Crippen LogP contribution in [0, 0.1) is 0 Å². The van der Waals surface area contributed by atoms with Gasteiger partial charge in [-0.1, -0.05) is 24.6 Å². The highest BCUT2D eigenvalue weighted by Crippen LogP contribution is 2.46. The molecule has 1 unspecified atom stereocenters. The standard InChI is InChI=1S/C17H20F3NO2/c18-17(19,20)13-5-1-4-12(10-13)16(7-3-8-16)15(23)21-9-2-6-14(22)11-21/h1,4-5,10,14,22H,2-3,6-9,11H2. The second-order valence-electron chi connectivity index (χ2n) is 6.56. The highest BCUT2D eigenvalue weighted by molar-refractivity contribution is 5.89. The van der Waals surface area contributed by atoms with Gasteiger partial charge in [0.1, 0.15) is 0 Å². The van der Waals surface area contributed by atoms with Gasteiger partial charge in [0.2, 0.25) is 5.91 Å². The second-order valence-corrected chi connectivity index (χ2v) is 6.56. The lowest BCUT2D eigenvalue weighted by atomic mass is 9.63. The number of hydrogen-bond acceptors (Lipinski definition) is 2. The molecule has 1 aliphatic heterocycles. The van der Waals surface area contributed by atoms with E-state index in [1.807, 2.05) is 0 Å². The van der Waals surface area contributed by atoms with E-state index in [1.165, 1.54) is 6.07 Å². The molecule has 23 heavy (non-hydrogen) atoms. The van der Waals surface area contributed by atoms with Gasteiger partial charge < -0.3 is 10.0 Å². The Hall–Kier alpha value is -1.56. The summed E-state index contributed by atoms with van der Waals surface area (Å²) in [5, 5.41) is 9.76. The Morgan fingerprint density at radius 2 is 2.00 bits per heavy atom. The van der Waals surface area contributed by atoms with E-state index in [0.29, 0.717) is 31.4 Å². The zero-order valence-corrected chi connectivity index (χ0v) is 12.8. The van der Waals surface area contributed by atoms with E-state index in [4.69, 9.17) is 0 Å². The Bertz CT molecular complexity index is 596. The van der Waals surface area contributed by atoms with Crippen molar-refractivity contribution in [3.05, 3.63) is 35.4 Å². The highest BCUT2D eigenvalue weighted by Gasteiger charge is 2.48. The molecule has 0 spiro atoms. The van der Waals surface area contributed by atoms with Crippen molar-refractivity contribution in [2.24, 2.45) is 0 Å². The first-order chi connectivity index (χ1) is 10.8. The molecule has 1 heterocycles. The Balaban J connectivity index is 1.90. The molecular weight excluding hydrogens is 307 g/mol. The molecule has 1 saturated carbocycles. The van der Waals surface area contributed by atoms with Crippen molar-refractivity contribution in [1.82, 2.24) is 4.90 Å². The lowest BCUT2D eigenvalue weighted by Gasteiger charge is -2.45. The number of carbonyl (C=O) groups excluding carboxylic acids is 1. The van der Waals surface area contributed by atoms with Gasteiger partial charge in [0.25, 0.3) is 0 Å². The summed E-state index contributed by atoms with van der Waals surface area (Å²) in [6.07, 6.45) is -1.58. The SMILES string of the molecule is O=C(N1CCCC(O)C1)C1(c2cccc(C(F)(F)F)c2)CCC1. The Labute approximate surface area is 133 Å². The summed E-state index contributed by atoms with van der Waals surface area (Å²) in [6, 6.07) is 5.13. The molecule has 2 fully saturated rings. The highest BCUT2D eigenvalue weighted by atomic mass is 19.4. The maximum Gasteiger partial charge on any atom is 0.416 e. The molecule has 6 heteroatoms. The summed E-state index contributed by atoms with van der Waals surface area (Å²) < 4.78 is 38.9. The van der Waals surface area contributed by atoms with Crippen LogP contribution < -0.4 is 0 Å². The van der Waals surface area contributed by atoms with E-state index in [0.717, 1.165) is 25.0 Å². The van der Waals surface area contributed by atoms with Gasteiger partial charge >= 0.3 is 6.18 Å². The van der Waals surface area contributed by atoms with Crippen molar-refractivity contribution in [3.8, 4) is 0 Å². The smallest absolute Gasteiger partial charge is 0.391 e. The van der Waals surface area contributed by atoms with Gasteiger partial charge in [0, 0.05) is 13.1 Å². The van der Waals surface area contributed by atoms with Crippen molar-refractivity contribution in [1.29, 1.82) is 0 Å². The van der Waals surface area contributed by atoms with Crippen LogP contribution in [0.25, 0.3) is 0 Å². The summed E-state index contributed by atoms with van der Waals surface area (Å²) in [7, 11) is 0. The van der Waals surface area contributed by atoms with Crippen molar-refractivity contribution >= 4 is 5.91 Å². The molecule has 0 radical (unpaired) electrons. The van der Waals surface area contributed by atoms with Gasteiger partial charge in [-0.3, -0.25) is 4.79 Å². The number of carbonyl (C=O) groups is 1. The van der Waals surface area contributed by atoms with E-state index in [2.05, 4.69) is 0 Å². The first-order valence-electron chi connectivity index (χ1n) is 7.98. The number of hydrogen-bond donors (Lipinski definition) is 1. The normalized spacial score (nSPS) is 24.2. The van der Waals surface area contributed by atoms with Gasteiger partial charge in [0.15, 0.2) is 0 Å². The molecule has 1 atom stereocenters. The van der Waals surface area contributed by atoms with Gasteiger partial charge in [0.05, 0.1) is 17.1 Å². The van der Waals surface area contributed by atoms with Gasteiger partial charge in [-0.25, -0.2) is 0 Å². The Morgan fingerprint density at radius 1 is 1.26 bits per heavy atom.